The van der Waals surface area contributed by atoms with Crippen LogP contribution < -0.4 is 15.0 Å². The molecule has 1 aliphatic heterocycles. The third kappa shape index (κ3) is 3.77. The fourth-order valence-electron chi connectivity index (χ4n) is 2.57. The maximum Gasteiger partial charge on any atom is 0.251 e. The van der Waals surface area contributed by atoms with Gasteiger partial charge in [-0.25, -0.2) is 9.97 Å². The molecule has 2 aromatic rings. The molecule has 6 heteroatoms. The minimum Gasteiger partial charge on any atom is -0.497 e. The normalized spacial score (nSPS) is 13.9. The van der Waals surface area contributed by atoms with Gasteiger partial charge in [-0.15, -0.1) is 0 Å². The van der Waals surface area contributed by atoms with Gasteiger partial charge >= 0.3 is 0 Å². The molecular formula is C17H20N4O2. The van der Waals surface area contributed by atoms with Crippen molar-refractivity contribution in [1.29, 1.82) is 0 Å². The zero-order valence-electron chi connectivity index (χ0n) is 13.2. The molecule has 1 N–H and O–H groups in total. The van der Waals surface area contributed by atoms with Gasteiger partial charge in [-0.1, -0.05) is 0 Å². The Balaban J connectivity index is 1.60. The Morgan fingerprint density at radius 3 is 2.65 bits per heavy atom. The Labute approximate surface area is 135 Å². The maximum absolute atomic E-state index is 12.2. The van der Waals surface area contributed by atoms with E-state index in [1.807, 2.05) is 6.07 Å². The highest BCUT2D eigenvalue weighted by Gasteiger charge is 2.15. The molecule has 1 fully saturated rings. The Hall–Kier alpha value is -2.63. The van der Waals surface area contributed by atoms with Crippen molar-refractivity contribution in [3.8, 4) is 5.75 Å². The summed E-state index contributed by atoms with van der Waals surface area (Å²) in [6.45, 7) is 2.39. The fraction of sp³-hybridized carbons (Fsp3) is 0.353. The molecule has 6 nitrogen and oxygen atoms in total. The molecule has 1 amide bonds. The summed E-state index contributed by atoms with van der Waals surface area (Å²) in [5.41, 5.74) is 1.41. The van der Waals surface area contributed by atoms with Crippen LogP contribution in [0.25, 0.3) is 0 Å². The molecule has 1 aromatic carbocycles. The molecule has 0 bridgehead atoms. The van der Waals surface area contributed by atoms with Crippen LogP contribution in [0.4, 0.5) is 5.95 Å². The summed E-state index contributed by atoms with van der Waals surface area (Å²) in [4.78, 5) is 23.2. The third-order valence-electron chi connectivity index (χ3n) is 3.87. The summed E-state index contributed by atoms with van der Waals surface area (Å²) in [6, 6.07) is 8.84. The van der Waals surface area contributed by atoms with E-state index in [0.717, 1.165) is 30.5 Å². The zero-order valence-corrected chi connectivity index (χ0v) is 13.2. The predicted octanol–water partition coefficient (Wildman–Crippen LogP) is 2.02. The van der Waals surface area contributed by atoms with E-state index in [0.29, 0.717) is 12.1 Å². The number of benzene rings is 1. The predicted molar refractivity (Wildman–Crippen MR) is 87.6 cm³/mol. The van der Waals surface area contributed by atoms with Gasteiger partial charge in [0.2, 0.25) is 5.95 Å². The first-order valence-electron chi connectivity index (χ1n) is 7.75. The number of hydrogen-bond donors (Lipinski definition) is 1. The van der Waals surface area contributed by atoms with Crippen LogP contribution in [-0.4, -0.2) is 36.1 Å². The van der Waals surface area contributed by atoms with Crippen LogP contribution in [0.5, 0.6) is 5.75 Å². The zero-order chi connectivity index (χ0) is 16.1. The summed E-state index contributed by atoms with van der Waals surface area (Å²) in [5, 5.41) is 2.88. The standard InChI is InChI=1S/C17H20N4O2/c1-23-15-6-4-13(5-7-15)16(22)19-12-14-8-9-18-17(20-14)21-10-2-3-11-21/h4-9H,2-3,10-12H2,1H3,(H,19,22). The fourth-order valence-corrected chi connectivity index (χ4v) is 2.57. The molecule has 0 aliphatic carbocycles. The minimum absolute atomic E-state index is 0.131. The molecule has 120 valence electrons. The minimum atomic E-state index is -0.131. The number of ether oxygens (including phenoxy) is 1. The van der Waals surface area contributed by atoms with Crippen LogP contribution in [0.3, 0.4) is 0 Å². The van der Waals surface area contributed by atoms with Crippen molar-refractivity contribution in [2.24, 2.45) is 0 Å². The van der Waals surface area contributed by atoms with Gasteiger partial charge in [0.15, 0.2) is 0 Å². The number of anilines is 1. The number of rotatable bonds is 5. The number of carbonyl (C=O) groups is 1. The van der Waals surface area contributed by atoms with Crippen molar-refractivity contribution >= 4 is 11.9 Å². The van der Waals surface area contributed by atoms with E-state index in [-0.39, 0.29) is 5.91 Å². The molecule has 2 heterocycles. The van der Waals surface area contributed by atoms with Crippen molar-refractivity contribution in [3.63, 3.8) is 0 Å². The first kappa shape index (κ1) is 15.3. The molecule has 0 radical (unpaired) electrons. The lowest BCUT2D eigenvalue weighted by molar-refractivity contribution is 0.0950. The summed E-state index contributed by atoms with van der Waals surface area (Å²) < 4.78 is 5.09. The molecule has 0 unspecified atom stereocenters. The summed E-state index contributed by atoms with van der Waals surface area (Å²) in [5.74, 6) is 1.35. The molecule has 1 saturated heterocycles. The lowest BCUT2D eigenvalue weighted by Gasteiger charge is -2.15. The maximum atomic E-state index is 12.2. The van der Waals surface area contributed by atoms with Gasteiger partial charge < -0.3 is 15.0 Å². The van der Waals surface area contributed by atoms with E-state index in [1.54, 1.807) is 37.6 Å². The number of hydrogen-bond acceptors (Lipinski definition) is 5. The molecule has 3 rings (SSSR count). The third-order valence-corrected chi connectivity index (χ3v) is 3.87. The highest BCUT2D eigenvalue weighted by atomic mass is 16.5. The van der Waals surface area contributed by atoms with Gasteiger partial charge in [0.1, 0.15) is 5.75 Å². The van der Waals surface area contributed by atoms with Gasteiger partial charge in [0.05, 0.1) is 19.3 Å². The summed E-state index contributed by atoms with van der Waals surface area (Å²) in [6.07, 6.45) is 4.11. The van der Waals surface area contributed by atoms with Crippen LogP contribution >= 0.6 is 0 Å². The molecule has 1 aliphatic rings. The van der Waals surface area contributed by atoms with Crippen molar-refractivity contribution < 1.29 is 9.53 Å². The Morgan fingerprint density at radius 2 is 1.96 bits per heavy atom. The quantitative estimate of drug-likeness (QED) is 0.915. The molecular weight excluding hydrogens is 292 g/mol. The number of carbonyl (C=O) groups excluding carboxylic acids is 1. The highest BCUT2D eigenvalue weighted by Crippen LogP contribution is 2.15. The molecule has 0 atom stereocenters. The molecule has 23 heavy (non-hydrogen) atoms. The summed E-state index contributed by atoms with van der Waals surface area (Å²) in [7, 11) is 1.60. The van der Waals surface area contributed by atoms with Crippen LogP contribution in [0, 0.1) is 0 Å². The molecule has 0 spiro atoms. The first-order chi connectivity index (χ1) is 11.3. The Kier molecular flexibility index (Phi) is 4.71. The van der Waals surface area contributed by atoms with E-state index in [9.17, 15) is 4.79 Å². The Bertz CT molecular complexity index is 667. The number of nitrogens with one attached hydrogen (secondary N) is 1. The lowest BCUT2D eigenvalue weighted by atomic mass is 10.2. The lowest BCUT2D eigenvalue weighted by Crippen LogP contribution is -2.25. The van der Waals surface area contributed by atoms with Crippen molar-refractivity contribution in [2.45, 2.75) is 19.4 Å². The van der Waals surface area contributed by atoms with Crippen LogP contribution in [0.1, 0.15) is 28.9 Å². The molecule has 1 aromatic heterocycles. The number of aromatic nitrogens is 2. The van der Waals surface area contributed by atoms with Crippen molar-refractivity contribution in [1.82, 2.24) is 15.3 Å². The van der Waals surface area contributed by atoms with E-state index in [2.05, 4.69) is 20.2 Å². The topological polar surface area (TPSA) is 67.3 Å². The van der Waals surface area contributed by atoms with Gasteiger partial charge in [-0.2, -0.15) is 0 Å². The number of amides is 1. The van der Waals surface area contributed by atoms with Gasteiger partial charge in [-0.05, 0) is 43.2 Å². The molecule has 0 saturated carbocycles. The second-order valence-corrected chi connectivity index (χ2v) is 5.45. The second kappa shape index (κ2) is 7.09. The van der Waals surface area contributed by atoms with E-state index < -0.39 is 0 Å². The van der Waals surface area contributed by atoms with E-state index in [4.69, 9.17) is 4.74 Å². The van der Waals surface area contributed by atoms with Crippen molar-refractivity contribution in [2.75, 3.05) is 25.1 Å². The van der Waals surface area contributed by atoms with E-state index >= 15 is 0 Å². The number of nitrogens with zero attached hydrogens (tertiary/aromatic N) is 3. The SMILES string of the molecule is COc1ccc(C(=O)NCc2ccnc(N3CCCC3)n2)cc1. The van der Waals surface area contributed by atoms with Gasteiger partial charge in [0, 0.05) is 24.8 Å². The monoisotopic (exact) mass is 312 g/mol. The average molecular weight is 312 g/mol. The van der Waals surface area contributed by atoms with Crippen LogP contribution in [-0.2, 0) is 6.54 Å². The van der Waals surface area contributed by atoms with Crippen LogP contribution in [0.2, 0.25) is 0 Å². The Morgan fingerprint density at radius 1 is 1.22 bits per heavy atom. The van der Waals surface area contributed by atoms with Gasteiger partial charge in [0.25, 0.3) is 5.91 Å². The second-order valence-electron chi connectivity index (χ2n) is 5.45. The highest BCUT2D eigenvalue weighted by molar-refractivity contribution is 5.94. The number of methoxy groups -OCH3 is 1. The van der Waals surface area contributed by atoms with Gasteiger partial charge in [-0.3, -0.25) is 4.79 Å². The first-order valence-corrected chi connectivity index (χ1v) is 7.75. The average Bonchev–Trinajstić information content (AvgIpc) is 3.15. The van der Waals surface area contributed by atoms with E-state index in [1.165, 1.54) is 12.8 Å². The summed E-state index contributed by atoms with van der Waals surface area (Å²) >= 11 is 0. The van der Waals surface area contributed by atoms with Crippen LogP contribution in [0.15, 0.2) is 36.5 Å². The van der Waals surface area contributed by atoms with Crippen molar-refractivity contribution in [3.05, 3.63) is 47.8 Å². The smallest absolute Gasteiger partial charge is 0.251 e. The largest absolute Gasteiger partial charge is 0.497 e.